The van der Waals surface area contributed by atoms with Gasteiger partial charge in [-0.1, -0.05) is 12.1 Å². The summed E-state index contributed by atoms with van der Waals surface area (Å²) < 4.78 is 60.6. The Morgan fingerprint density at radius 3 is 2.35 bits per heavy atom. The van der Waals surface area contributed by atoms with Crippen LogP contribution in [0.4, 0.5) is 8.78 Å². The van der Waals surface area contributed by atoms with Crippen molar-refractivity contribution >= 4 is 15.9 Å². The van der Waals surface area contributed by atoms with Crippen LogP contribution in [0.5, 0.6) is 0 Å². The highest BCUT2D eigenvalue weighted by Gasteiger charge is 2.30. The number of halogens is 2. The fraction of sp³-hybridized carbons (Fsp3) is 0.333. The Kier molecular flexibility index (Phi) is 6.81. The maximum absolute atomic E-state index is 13.9. The number of carbonyl (C=O) groups is 1. The molecule has 2 aromatic carbocycles. The molecule has 1 aliphatic heterocycles. The van der Waals surface area contributed by atoms with Gasteiger partial charge in [0.1, 0.15) is 11.6 Å². The SMILES string of the molecule is Cc1ccc(S(=O)(=O)N2CCN(C(=O)CCc3ncc(-c4c(F)cccc4F)o3)CC2)cc1C. The van der Waals surface area contributed by atoms with E-state index in [1.165, 1.54) is 16.6 Å². The topological polar surface area (TPSA) is 83.7 Å². The second-order valence-electron chi connectivity index (χ2n) is 8.25. The van der Waals surface area contributed by atoms with Crippen LogP contribution in [0.1, 0.15) is 23.4 Å². The van der Waals surface area contributed by atoms with Crippen LogP contribution in [0.25, 0.3) is 11.3 Å². The second-order valence-corrected chi connectivity index (χ2v) is 10.2. The third-order valence-electron chi connectivity index (χ3n) is 6.02. The van der Waals surface area contributed by atoms with Gasteiger partial charge in [-0.05, 0) is 49.2 Å². The minimum atomic E-state index is -3.63. The van der Waals surface area contributed by atoms with E-state index in [1.807, 2.05) is 13.8 Å². The molecule has 0 unspecified atom stereocenters. The molecule has 1 amide bonds. The van der Waals surface area contributed by atoms with E-state index in [9.17, 15) is 22.0 Å². The van der Waals surface area contributed by atoms with Gasteiger partial charge in [0.15, 0.2) is 11.7 Å². The lowest BCUT2D eigenvalue weighted by Crippen LogP contribution is -2.50. The van der Waals surface area contributed by atoms with Crippen LogP contribution < -0.4 is 0 Å². The highest BCUT2D eigenvalue weighted by atomic mass is 32.2. The summed E-state index contributed by atoms with van der Waals surface area (Å²) in [6, 6.07) is 8.58. The Morgan fingerprint density at radius 2 is 1.71 bits per heavy atom. The molecular formula is C24H25F2N3O4S. The van der Waals surface area contributed by atoms with E-state index >= 15 is 0 Å². The molecule has 1 saturated heterocycles. The van der Waals surface area contributed by atoms with Crippen molar-refractivity contribution in [2.24, 2.45) is 0 Å². The van der Waals surface area contributed by atoms with Gasteiger partial charge in [0.25, 0.3) is 0 Å². The molecule has 1 aliphatic rings. The van der Waals surface area contributed by atoms with E-state index in [4.69, 9.17) is 4.42 Å². The molecule has 0 spiro atoms. The van der Waals surface area contributed by atoms with Crippen molar-refractivity contribution in [3.8, 4) is 11.3 Å². The Labute approximate surface area is 197 Å². The molecule has 0 aliphatic carbocycles. The normalized spacial score (nSPS) is 15.0. The standard InChI is InChI=1S/C24H25F2N3O4S/c1-16-6-7-18(14-17(16)2)34(31,32)29-12-10-28(11-13-29)23(30)9-8-22-27-15-21(33-22)24-19(25)4-3-5-20(24)26/h3-7,14-15H,8-13H2,1-2H3. The molecule has 2 heterocycles. The number of carbonyl (C=O) groups excluding carboxylic acids is 1. The largest absolute Gasteiger partial charge is 0.441 e. The van der Waals surface area contributed by atoms with Gasteiger partial charge in [-0.3, -0.25) is 4.79 Å². The Morgan fingerprint density at radius 1 is 1.03 bits per heavy atom. The van der Waals surface area contributed by atoms with Gasteiger partial charge in [-0.15, -0.1) is 0 Å². The van der Waals surface area contributed by atoms with Crippen LogP contribution in [0.15, 0.2) is 51.9 Å². The average Bonchev–Trinajstić information content (AvgIpc) is 3.27. The maximum Gasteiger partial charge on any atom is 0.243 e. The lowest BCUT2D eigenvalue weighted by atomic mass is 10.1. The number of nitrogens with zero attached hydrogens (tertiary/aromatic N) is 3. The van der Waals surface area contributed by atoms with Gasteiger partial charge in [0, 0.05) is 39.0 Å². The Hall–Kier alpha value is -3.11. The van der Waals surface area contributed by atoms with E-state index in [1.54, 1.807) is 23.1 Å². The number of aryl methyl sites for hydroxylation is 3. The summed E-state index contributed by atoms with van der Waals surface area (Å²) in [5, 5.41) is 0. The van der Waals surface area contributed by atoms with Crippen LogP contribution >= 0.6 is 0 Å². The number of hydrogen-bond acceptors (Lipinski definition) is 5. The van der Waals surface area contributed by atoms with Crippen molar-refractivity contribution < 1.29 is 26.4 Å². The molecule has 180 valence electrons. The summed E-state index contributed by atoms with van der Waals surface area (Å²) in [7, 11) is -3.63. The van der Waals surface area contributed by atoms with E-state index in [2.05, 4.69) is 4.98 Å². The molecular weight excluding hydrogens is 464 g/mol. The van der Waals surface area contributed by atoms with Crippen molar-refractivity contribution in [3.63, 3.8) is 0 Å². The molecule has 3 aromatic rings. The molecule has 0 saturated carbocycles. The second kappa shape index (κ2) is 9.63. The van der Waals surface area contributed by atoms with Gasteiger partial charge in [0.05, 0.1) is 16.7 Å². The summed E-state index contributed by atoms with van der Waals surface area (Å²) in [4.78, 5) is 18.5. The quantitative estimate of drug-likeness (QED) is 0.527. The fourth-order valence-electron chi connectivity index (χ4n) is 3.85. The number of piperazine rings is 1. The van der Waals surface area contributed by atoms with Crippen LogP contribution in [0, 0.1) is 25.5 Å². The minimum Gasteiger partial charge on any atom is -0.441 e. The van der Waals surface area contributed by atoms with E-state index in [0.29, 0.717) is 0 Å². The van der Waals surface area contributed by atoms with Gasteiger partial charge >= 0.3 is 0 Å². The minimum absolute atomic E-state index is 0.0387. The lowest BCUT2D eigenvalue weighted by Gasteiger charge is -2.34. The summed E-state index contributed by atoms with van der Waals surface area (Å²) >= 11 is 0. The maximum atomic E-state index is 13.9. The van der Waals surface area contributed by atoms with Crippen LogP contribution in [0.3, 0.4) is 0 Å². The molecule has 34 heavy (non-hydrogen) atoms. The van der Waals surface area contributed by atoms with E-state index in [0.717, 1.165) is 23.3 Å². The third-order valence-corrected chi connectivity index (χ3v) is 7.92. The zero-order valence-corrected chi connectivity index (χ0v) is 19.7. The predicted molar refractivity (Wildman–Crippen MR) is 121 cm³/mol. The number of sulfonamides is 1. The van der Waals surface area contributed by atoms with Gasteiger partial charge in [-0.25, -0.2) is 22.2 Å². The molecule has 1 fully saturated rings. The Balaban J connectivity index is 1.33. The number of hydrogen-bond donors (Lipinski definition) is 0. The van der Waals surface area contributed by atoms with Crippen LogP contribution in [0.2, 0.25) is 0 Å². The predicted octanol–water partition coefficient (Wildman–Crippen LogP) is 3.70. The van der Waals surface area contributed by atoms with Gasteiger partial charge in [-0.2, -0.15) is 4.31 Å². The first kappa shape index (κ1) is 24.0. The number of rotatable bonds is 6. The number of aromatic nitrogens is 1. The van der Waals surface area contributed by atoms with Crippen molar-refractivity contribution in [1.29, 1.82) is 0 Å². The van der Waals surface area contributed by atoms with Crippen LogP contribution in [-0.4, -0.2) is 54.7 Å². The highest BCUT2D eigenvalue weighted by molar-refractivity contribution is 7.89. The molecule has 0 N–H and O–H groups in total. The molecule has 1 aromatic heterocycles. The van der Waals surface area contributed by atoms with Gasteiger partial charge in [0.2, 0.25) is 15.9 Å². The molecule has 0 atom stereocenters. The summed E-state index contributed by atoms with van der Waals surface area (Å²) in [6.07, 6.45) is 1.48. The zero-order valence-electron chi connectivity index (χ0n) is 18.9. The monoisotopic (exact) mass is 489 g/mol. The average molecular weight is 490 g/mol. The summed E-state index contributed by atoms with van der Waals surface area (Å²) in [6.45, 7) is 4.76. The molecule has 7 nitrogen and oxygen atoms in total. The summed E-state index contributed by atoms with van der Waals surface area (Å²) in [5.74, 6) is -1.52. The third kappa shape index (κ3) is 4.88. The smallest absolute Gasteiger partial charge is 0.243 e. The molecule has 10 heteroatoms. The van der Waals surface area contributed by atoms with E-state index in [-0.39, 0.29) is 67.0 Å². The highest BCUT2D eigenvalue weighted by Crippen LogP contribution is 2.27. The zero-order chi connectivity index (χ0) is 24.5. The van der Waals surface area contributed by atoms with Crippen molar-refractivity contribution in [3.05, 3.63) is 71.2 Å². The molecule has 4 rings (SSSR count). The van der Waals surface area contributed by atoms with Crippen molar-refractivity contribution in [1.82, 2.24) is 14.2 Å². The fourth-order valence-corrected chi connectivity index (χ4v) is 5.36. The first-order chi connectivity index (χ1) is 16.2. The molecule has 0 radical (unpaired) electrons. The Bertz CT molecular complexity index is 1300. The molecule has 0 bridgehead atoms. The first-order valence-electron chi connectivity index (χ1n) is 10.9. The lowest BCUT2D eigenvalue weighted by molar-refractivity contribution is -0.132. The number of amides is 1. The van der Waals surface area contributed by atoms with E-state index < -0.39 is 21.7 Å². The van der Waals surface area contributed by atoms with Crippen molar-refractivity contribution in [2.75, 3.05) is 26.2 Å². The number of oxazole rings is 1. The van der Waals surface area contributed by atoms with Crippen LogP contribution in [-0.2, 0) is 21.2 Å². The first-order valence-corrected chi connectivity index (χ1v) is 12.3. The number of benzene rings is 2. The van der Waals surface area contributed by atoms with Gasteiger partial charge < -0.3 is 9.32 Å². The van der Waals surface area contributed by atoms with Crippen molar-refractivity contribution in [2.45, 2.75) is 31.6 Å². The summed E-state index contributed by atoms with van der Waals surface area (Å²) in [5.41, 5.74) is 1.63.